The minimum absolute atomic E-state index is 0.116. The Morgan fingerprint density at radius 2 is 1.82 bits per heavy atom. The summed E-state index contributed by atoms with van der Waals surface area (Å²) in [6, 6.07) is 13.9. The van der Waals surface area contributed by atoms with Crippen molar-refractivity contribution in [1.82, 2.24) is 24.6 Å². The Hall–Kier alpha value is -2.80. The molecular formula is C21H23N5OS. The Morgan fingerprint density at radius 1 is 1.07 bits per heavy atom. The first-order chi connectivity index (χ1) is 13.5. The van der Waals surface area contributed by atoms with E-state index in [0.717, 1.165) is 38.5 Å². The summed E-state index contributed by atoms with van der Waals surface area (Å²) in [5, 5.41) is 14.6. The molecule has 0 spiro atoms. The van der Waals surface area contributed by atoms with Gasteiger partial charge in [-0.2, -0.15) is 0 Å². The lowest BCUT2D eigenvalue weighted by molar-refractivity contribution is 0.0938. The molecule has 1 unspecified atom stereocenters. The summed E-state index contributed by atoms with van der Waals surface area (Å²) in [7, 11) is 3.98. The SMILES string of the molecule is CCSc1nnc(C(C)NC(=O)c2ccc3c(c2)c2ccccc2n3C)n1C. The highest BCUT2D eigenvalue weighted by molar-refractivity contribution is 7.99. The van der Waals surface area contributed by atoms with Crippen LogP contribution in [0.5, 0.6) is 0 Å². The van der Waals surface area contributed by atoms with Gasteiger partial charge in [0.2, 0.25) is 0 Å². The molecule has 28 heavy (non-hydrogen) atoms. The fourth-order valence-electron chi connectivity index (χ4n) is 3.61. The van der Waals surface area contributed by atoms with E-state index in [2.05, 4.69) is 39.1 Å². The number of hydrogen-bond donors (Lipinski definition) is 1. The summed E-state index contributed by atoms with van der Waals surface area (Å²) in [5.74, 6) is 1.56. The Balaban J connectivity index is 1.63. The Kier molecular flexibility index (Phi) is 4.85. The summed E-state index contributed by atoms with van der Waals surface area (Å²) in [5.41, 5.74) is 2.91. The minimum atomic E-state index is -0.237. The maximum atomic E-state index is 12.9. The number of aromatic nitrogens is 4. The van der Waals surface area contributed by atoms with Gasteiger partial charge in [-0.15, -0.1) is 10.2 Å². The number of benzene rings is 2. The highest BCUT2D eigenvalue weighted by atomic mass is 32.2. The third-order valence-corrected chi connectivity index (χ3v) is 5.95. The zero-order valence-corrected chi connectivity index (χ0v) is 17.2. The summed E-state index contributed by atoms with van der Waals surface area (Å²) in [6.07, 6.45) is 0. The lowest BCUT2D eigenvalue weighted by Gasteiger charge is -2.13. The van der Waals surface area contributed by atoms with Crippen molar-refractivity contribution in [3.63, 3.8) is 0 Å². The molecule has 0 bridgehead atoms. The van der Waals surface area contributed by atoms with Gasteiger partial charge in [0, 0.05) is 41.5 Å². The van der Waals surface area contributed by atoms with Gasteiger partial charge in [-0.05, 0) is 36.9 Å². The molecule has 0 fully saturated rings. The average Bonchev–Trinajstić information content (AvgIpc) is 3.20. The zero-order chi connectivity index (χ0) is 19.8. The quantitative estimate of drug-likeness (QED) is 0.519. The van der Waals surface area contributed by atoms with Crippen LogP contribution >= 0.6 is 11.8 Å². The topological polar surface area (TPSA) is 64.7 Å². The third kappa shape index (κ3) is 3.05. The van der Waals surface area contributed by atoms with Crippen molar-refractivity contribution in [3.8, 4) is 0 Å². The molecule has 4 rings (SSSR count). The molecule has 0 aliphatic heterocycles. The number of thioether (sulfide) groups is 1. The number of aryl methyl sites for hydroxylation is 1. The van der Waals surface area contributed by atoms with Gasteiger partial charge in [-0.1, -0.05) is 36.9 Å². The van der Waals surface area contributed by atoms with Crippen LogP contribution in [0.4, 0.5) is 0 Å². The van der Waals surface area contributed by atoms with Crippen molar-refractivity contribution in [3.05, 3.63) is 53.9 Å². The summed E-state index contributed by atoms with van der Waals surface area (Å²) in [6.45, 7) is 4.01. The first-order valence-corrected chi connectivity index (χ1v) is 10.3. The summed E-state index contributed by atoms with van der Waals surface area (Å²) in [4.78, 5) is 12.9. The predicted molar refractivity (Wildman–Crippen MR) is 114 cm³/mol. The van der Waals surface area contributed by atoms with Crippen molar-refractivity contribution >= 4 is 39.5 Å². The number of para-hydroxylation sites is 1. The number of nitrogens with one attached hydrogen (secondary N) is 1. The molecule has 6 nitrogen and oxygen atoms in total. The first kappa shape index (κ1) is 18.6. The van der Waals surface area contributed by atoms with E-state index in [0.29, 0.717) is 5.56 Å². The van der Waals surface area contributed by atoms with Crippen LogP contribution in [-0.4, -0.2) is 31.0 Å². The molecule has 2 aromatic heterocycles. The average molecular weight is 394 g/mol. The van der Waals surface area contributed by atoms with Gasteiger partial charge < -0.3 is 14.5 Å². The molecule has 1 amide bonds. The molecule has 0 aliphatic carbocycles. The smallest absolute Gasteiger partial charge is 0.251 e. The van der Waals surface area contributed by atoms with Crippen LogP contribution in [0, 0.1) is 0 Å². The molecule has 0 aliphatic rings. The van der Waals surface area contributed by atoms with Gasteiger partial charge >= 0.3 is 0 Å². The van der Waals surface area contributed by atoms with Crippen molar-refractivity contribution in [2.75, 3.05) is 5.75 Å². The van der Waals surface area contributed by atoms with Crippen LogP contribution in [0.2, 0.25) is 0 Å². The number of rotatable bonds is 5. The monoisotopic (exact) mass is 393 g/mol. The summed E-state index contributed by atoms with van der Waals surface area (Å²) < 4.78 is 4.09. The molecule has 1 N–H and O–H groups in total. The normalized spacial score (nSPS) is 12.6. The largest absolute Gasteiger partial charge is 0.344 e. The maximum absolute atomic E-state index is 12.9. The van der Waals surface area contributed by atoms with Gasteiger partial charge in [0.05, 0.1) is 6.04 Å². The van der Waals surface area contributed by atoms with E-state index in [1.54, 1.807) is 11.8 Å². The number of carbonyl (C=O) groups is 1. The third-order valence-electron chi connectivity index (χ3n) is 5.05. The zero-order valence-electron chi connectivity index (χ0n) is 16.4. The van der Waals surface area contributed by atoms with E-state index >= 15 is 0 Å². The number of fused-ring (bicyclic) bond motifs is 3. The molecule has 0 saturated carbocycles. The number of amides is 1. The highest BCUT2D eigenvalue weighted by Crippen LogP contribution is 2.29. The molecule has 2 aromatic carbocycles. The number of nitrogens with zero attached hydrogens (tertiary/aromatic N) is 4. The van der Waals surface area contributed by atoms with Crippen LogP contribution < -0.4 is 5.32 Å². The molecule has 4 aromatic rings. The van der Waals surface area contributed by atoms with Crippen LogP contribution in [0.15, 0.2) is 47.6 Å². The van der Waals surface area contributed by atoms with Gasteiger partial charge in [-0.3, -0.25) is 4.79 Å². The Morgan fingerprint density at radius 3 is 2.61 bits per heavy atom. The standard InChI is InChI=1S/C21H23N5OS/c1-5-28-21-24-23-19(26(21)4)13(2)22-20(27)14-10-11-18-16(12-14)15-8-6-7-9-17(15)25(18)3/h6-13H,5H2,1-4H3,(H,22,27). The van der Waals surface area contributed by atoms with Gasteiger partial charge in [-0.25, -0.2) is 0 Å². The lowest BCUT2D eigenvalue weighted by atomic mass is 10.1. The fourth-order valence-corrected chi connectivity index (χ4v) is 4.26. The van der Waals surface area contributed by atoms with Crippen molar-refractivity contribution in [2.45, 2.75) is 25.0 Å². The van der Waals surface area contributed by atoms with Crippen molar-refractivity contribution in [2.24, 2.45) is 14.1 Å². The van der Waals surface area contributed by atoms with E-state index in [1.165, 1.54) is 0 Å². The molecular weight excluding hydrogens is 370 g/mol. The number of carbonyl (C=O) groups excluding carboxylic acids is 1. The second-order valence-electron chi connectivity index (χ2n) is 6.84. The number of hydrogen-bond acceptors (Lipinski definition) is 4. The van der Waals surface area contributed by atoms with Crippen LogP contribution in [0.3, 0.4) is 0 Å². The van der Waals surface area contributed by atoms with Crippen molar-refractivity contribution < 1.29 is 4.79 Å². The Labute approximate surface area is 167 Å². The highest BCUT2D eigenvalue weighted by Gasteiger charge is 2.19. The maximum Gasteiger partial charge on any atom is 0.251 e. The molecule has 1 atom stereocenters. The second-order valence-corrected chi connectivity index (χ2v) is 8.07. The summed E-state index contributed by atoms with van der Waals surface area (Å²) >= 11 is 1.63. The van der Waals surface area contributed by atoms with Crippen LogP contribution in [-0.2, 0) is 14.1 Å². The van der Waals surface area contributed by atoms with Crippen molar-refractivity contribution in [1.29, 1.82) is 0 Å². The van der Waals surface area contributed by atoms with E-state index in [-0.39, 0.29) is 11.9 Å². The fraction of sp³-hybridized carbons (Fsp3) is 0.286. The van der Waals surface area contributed by atoms with Crippen LogP contribution in [0.1, 0.15) is 36.1 Å². The van der Waals surface area contributed by atoms with Gasteiger partial charge in [0.1, 0.15) is 0 Å². The first-order valence-electron chi connectivity index (χ1n) is 9.31. The van der Waals surface area contributed by atoms with E-state index < -0.39 is 0 Å². The van der Waals surface area contributed by atoms with Gasteiger partial charge in [0.25, 0.3) is 5.91 Å². The molecule has 0 radical (unpaired) electrons. The predicted octanol–water partition coefficient (Wildman–Crippen LogP) is 4.06. The minimum Gasteiger partial charge on any atom is -0.344 e. The molecule has 2 heterocycles. The molecule has 7 heteroatoms. The van der Waals surface area contributed by atoms with E-state index in [9.17, 15) is 4.79 Å². The Bertz CT molecular complexity index is 1180. The van der Waals surface area contributed by atoms with Crippen LogP contribution in [0.25, 0.3) is 21.8 Å². The second kappa shape index (κ2) is 7.31. The molecule has 144 valence electrons. The van der Waals surface area contributed by atoms with Gasteiger partial charge in [0.15, 0.2) is 11.0 Å². The lowest BCUT2D eigenvalue weighted by Crippen LogP contribution is -2.28. The van der Waals surface area contributed by atoms with E-state index in [1.807, 2.05) is 55.9 Å². The molecule has 0 saturated heterocycles. The van der Waals surface area contributed by atoms with E-state index in [4.69, 9.17) is 0 Å².